The van der Waals surface area contributed by atoms with Crippen LogP contribution < -0.4 is 10.0 Å². The van der Waals surface area contributed by atoms with E-state index in [1.165, 1.54) is 13.8 Å². The second-order valence-electron chi connectivity index (χ2n) is 3.05. The minimum Gasteiger partial charge on any atom is -0.346 e. The van der Waals surface area contributed by atoms with Gasteiger partial charge in [-0.15, -0.1) is 0 Å². The summed E-state index contributed by atoms with van der Waals surface area (Å²) in [6, 6.07) is -1.50. The molecule has 0 heterocycles. The molecule has 0 aliphatic rings. The van der Waals surface area contributed by atoms with E-state index in [2.05, 4.69) is 10.0 Å². The second-order valence-corrected chi connectivity index (χ2v) is 4.83. The van der Waals surface area contributed by atoms with Gasteiger partial charge in [0.2, 0.25) is 15.9 Å². The first kappa shape index (κ1) is 13.1. The van der Waals surface area contributed by atoms with Gasteiger partial charge in [0.15, 0.2) is 0 Å². The standard InChI is InChI=1S/C7H14N2O4S/c1-5(4-10)8-7(11)6(2)9-14(3,12)13/h4-6,9H,1-3H3,(H,8,11)/t5?,6-/m0/s1. The summed E-state index contributed by atoms with van der Waals surface area (Å²) in [6.07, 6.45) is 1.52. The Morgan fingerprint density at radius 1 is 1.36 bits per heavy atom. The molecule has 0 radical (unpaired) electrons. The molecular weight excluding hydrogens is 208 g/mol. The van der Waals surface area contributed by atoms with Crippen molar-refractivity contribution in [2.24, 2.45) is 0 Å². The zero-order chi connectivity index (χ0) is 11.4. The van der Waals surface area contributed by atoms with Gasteiger partial charge >= 0.3 is 0 Å². The summed E-state index contributed by atoms with van der Waals surface area (Å²) >= 11 is 0. The van der Waals surface area contributed by atoms with Crippen LogP contribution in [0.5, 0.6) is 0 Å². The molecule has 1 amide bonds. The Labute approximate surface area is 83.1 Å². The van der Waals surface area contributed by atoms with Crippen molar-refractivity contribution >= 4 is 22.2 Å². The normalized spacial score (nSPS) is 15.6. The third-order valence-electron chi connectivity index (χ3n) is 1.36. The van der Waals surface area contributed by atoms with Crippen molar-refractivity contribution in [3.05, 3.63) is 0 Å². The van der Waals surface area contributed by atoms with Gasteiger partial charge in [-0.05, 0) is 13.8 Å². The Kier molecular flexibility index (Phi) is 4.72. The summed E-state index contributed by atoms with van der Waals surface area (Å²) in [4.78, 5) is 21.4. The Balaban J connectivity index is 4.20. The predicted octanol–water partition coefficient (Wildman–Crippen LogP) is -1.37. The monoisotopic (exact) mass is 222 g/mol. The lowest BCUT2D eigenvalue weighted by atomic mass is 10.3. The number of rotatable bonds is 5. The highest BCUT2D eigenvalue weighted by molar-refractivity contribution is 7.88. The van der Waals surface area contributed by atoms with Crippen molar-refractivity contribution in [2.75, 3.05) is 6.26 Å². The van der Waals surface area contributed by atoms with Crippen molar-refractivity contribution in [1.29, 1.82) is 0 Å². The molecule has 0 aromatic heterocycles. The molecule has 2 atom stereocenters. The van der Waals surface area contributed by atoms with Crippen LogP contribution in [0.25, 0.3) is 0 Å². The fraction of sp³-hybridized carbons (Fsp3) is 0.714. The van der Waals surface area contributed by atoms with Gasteiger partial charge < -0.3 is 10.1 Å². The summed E-state index contributed by atoms with van der Waals surface area (Å²) in [5.74, 6) is -0.532. The summed E-state index contributed by atoms with van der Waals surface area (Å²) in [6.45, 7) is 2.89. The van der Waals surface area contributed by atoms with E-state index < -0.39 is 28.0 Å². The number of nitrogens with one attached hydrogen (secondary N) is 2. The number of hydrogen-bond acceptors (Lipinski definition) is 4. The summed E-state index contributed by atoms with van der Waals surface area (Å²) < 4.78 is 23.6. The van der Waals surface area contributed by atoms with E-state index in [9.17, 15) is 18.0 Å². The Morgan fingerprint density at radius 2 is 1.86 bits per heavy atom. The lowest BCUT2D eigenvalue weighted by Gasteiger charge is -2.13. The molecule has 0 aliphatic carbocycles. The topological polar surface area (TPSA) is 92.3 Å². The van der Waals surface area contributed by atoms with Crippen LogP contribution in [0.15, 0.2) is 0 Å². The highest BCUT2D eigenvalue weighted by atomic mass is 32.2. The van der Waals surface area contributed by atoms with Crippen molar-refractivity contribution in [2.45, 2.75) is 25.9 Å². The van der Waals surface area contributed by atoms with Gasteiger partial charge in [0.05, 0.1) is 18.3 Å². The molecule has 0 rings (SSSR count). The van der Waals surface area contributed by atoms with Crippen molar-refractivity contribution < 1.29 is 18.0 Å². The second kappa shape index (κ2) is 5.06. The first-order chi connectivity index (χ1) is 6.26. The van der Waals surface area contributed by atoms with Crippen molar-refractivity contribution in [3.63, 3.8) is 0 Å². The molecule has 1 unspecified atom stereocenters. The Morgan fingerprint density at radius 3 is 2.21 bits per heavy atom. The van der Waals surface area contributed by atoms with Gasteiger partial charge in [-0.1, -0.05) is 0 Å². The van der Waals surface area contributed by atoms with E-state index in [1.54, 1.807) is 0 Å². The molecule has 7 heteroatoms. The molecular formula is C7H14N2O4S. The maximum absolute atomic E-state index is 11.2. The molecule has 0 spiro atoms. The smallest absolute Gasteiger partial charge is 0.238 e. The van der Waals surface area contributed by atoms with Crippen LogP contribution in [0.1, 0.15) is 13.8 Å². The van der Waals surface area contributed by atoms with E-state index in [0.29, 0.717) is 6.29 Å². The minimum absolute atomic E-state index is 0.532. The SMILES string of the molecule is CC(C=O)NC(=O)[C@H](C)NS(C)(=O)=O. The van der Waals surface area contributed by atoms with Crippen LogP contribution in [0.2, 0.25) is 0 Å². The summed E-state index contributed by atoms with van der Waals surface area (Å²) in [7, 11) is -3.41. The lowest BCUT2D eigenvalue weighted by molar-refractivity contribution is -0.124. The molecule has 0 saturated heterocycles. The molecule has 14 heavy (non-hydrogen) atoms. The molecule has 0 bridgehead atoms. The predicted molar refractivity (Wildman–Crippen MR) is 51.1 cm³/mol. The maximum atomic E-state index is 11.2. The molecule has 0 aromatic rings. The fourth-order valence-corrected chi connectivity index (χ4v) is 1.51. The number of aldehydes is 1. The lowest BCUT2D eigenvalue weighted by Crippen LogP contribution is -2.47. The number of hydrogen-bond donors (Lipinski definition) is 2. The van der Waals surface area contributed by atoms with E-state index in [1.807, 2.05) is 0 Å². The van der Waals surface area contributed by atoms with Crippen LogP contribution in [0, 0.1) is 0 Å². The van der Waals surface area contributed by atoms with Crippen molar-refractivity contribution in [3.8, 4) is 0 Å². The van der Waals surface area contributed by atoms with E-state index in [0.717, 1.165) is 6.26 Å². The molecule has 6 nitrogen and oxygen atoms in total. The van der Waals surface area contributed by atoms with Gasteiger partial charge in [0.25, 0.3) is 0 Å². The molecule has 0 fully saturated rings. The number of sulfonamides is 1. The van der Waals surface area contributed by atoms with Gasteiger partial charge in [-0.2, -0.15) is 0 Å². The van der Waals surface area contributed by atoms with Crippen LogP contribution in [-0.4, -0.2) is 39.0 Å². The van der Waals surface area contributed by atoms with Gasteiger partial charge in [0, 0.05) is 0 Å². The van der Waals surface area contributed by atoms with Crippen LogP contribution in [-0.2, 0) is 19.6 Å². The van der Waals surface area contributed by atoms with E-state index >= 15 is 0 Å². The van der Waals surface area contributed by atoms with E-state index in [4.69, 9.17) is 0 Å². The number of amides is 1. The quantitative estimate of drug-likeness (QED) is 0.561. The first-order valence-corrected chi connectivity index (χ1v) is 5.88. The van der Waals surface area contributed by atoms with Crippen molar-refractivity contribution in [1.82, 2.24) is 10.0 Å². The van der Waals surface area contributed by atoms with Gasteiger partial charge in [-0.25, -0.2) is 13.1 Å². The zero-order valence-electron chi connectivity index (χ0n) is 8.27. The van der Waals surface area contributed by atoms with E-state index in [-0.39, 0.29) is 0 Å². The van der Waals surface area contributed by atoms with Gasteiger partial charge in [-0.3, -0.25) is 4.79 Å². The van der Waals surface area contributed by atoms with Gasteiger partial charge in [0.1, 0.15) is 6.29 Å². The zero-order valence-corrected chi connectivity index (χ0v) is 9.09. The van der Waals surface area contributed by atoms with Crippen LogP contribution >= 0.6 is 0 Å². The number of carbonyl (C=O) groups excluding carboxylic acids is 2. The highest BCUT2D eigenvalue weighted by Gasteiger charge is 2.17. The first-order valence-electron chi connectivity index (χ1n) is 3.99. The summed E-state index contributed by atoms with van der Waals surface area (Å²) in [5, 5.41) is 2.32. The molecule has 82 valence electrons. The molecule has 0 aliphatic heterocycles. The Bertz CT molecular complexity index is 312. The minimum atomic E-state index is -3.41. The largest absolute Gasteiger partial charge is 0.346 e. The molecule has 0 saturated carbocycles. The third kappa shape index (κ3) is 5.65. The Hall–Kier alpha value is -0.950. The van der Waals surface area contributed by atoms with Crippen LogP contribution in [0.4, 0.5) is 0 Å². The molecule has 2 N–H and O–H groups in total. The highest BCUT2D eigenvalue weighted by Crippen LogP contribution is 1.87. The maximum Gasteiger partial charge on any atom is 0.238 e. The average molecular weight is 222 g/mol. The summed E-state index contributed by atoms with van der Waals surface area (Å²) in [5.41, 5.74) is 0. The average Bonchev–Trinajstić information content (AvgIpc) is 2.00. The molecule has 0 aromatic carbocycles. The third-order valence-corrected chi connectivity index (χ3v) is 2.14. The number of carbonyl (C=O) groups is 2. The fourth-order valence-electron chi connectivity index (χ4n) is 0.758. The van der Waals surface area contributed by atoms with Crippen LogP contribution in [0.3, 0.4) is 0 Å².